The maximum absolute atomic E-state index is 13.6. The molecule has 3 heterocycles. The van der Waals surface area contributed by atoms with Gasteiger partial charge in [-0.1, -0.05) is 0 Å². The van der Waals surface area contributed by atoms with E-state index in [1.54, 1.807) is 0 Å². The monoisotopic (exact) mass is 378 g/mol. The minimum Gasteiger partial charge on any atom is -0.461 e. The molecule has 27 heavy (non-hydrogen) atoms. The van der Waals surface area contributed by atoms with Crippen LogP contribution in [0.5, 0.6) is 0 Å². The number of nitriles is 1. The van der Waals surface area contributed by atoms with E-state index in [-0.39, 0.29) is 23.4 Å². The van der Waals surface area contributed by atoms with Crippen LogP contribution in [0.15, 0.2) is 6.33 Å². The average Bonchev–Trinajstić information content (AvgIpc) is 3.14. The largest absolute Gasteiger partial charge is 0.461 e. The zero-order valence-corrected chi connectivity index (χ0v) is 14.4. The van der Waals surface area contributed by atoms with Crippen molar-refractivity contribution in [3.05, 3.63) is 12.4 Å². The van der Waals surface area contributed by atoms with E-state index in [0.717, 1.165) is 0 Å². The lowest BCUT2D eigenvalue weighted by Crippen LogP contribution is -2.45. The Morgan fingerprint density at radius 3 is 2.85 bits per heavy atom. The Bertz CT molecular complexity index is 956. The van der Waals surface area contributed by atoms with Crippen LogP contribution in [0, 0.1) is 17.4 Å². The van der Waals surface area contributed by atoms with Gasteiger partial charge in [-0.3, -0.25) is 14.2 Å². The Balaban J connectivity index is 1.99. The number of nitrogens with two attached hydrogens (primary N) is 1. The smallest absolute Gasteiger partial charge is 0.312 e. The zero-order chi connectivity index (χ0) is 19.8. The number of aromatic nitrogens is 4. The number of nitrogen functional groups attached to an aromatic ring is 1. The number of ether oxygens (including phenoxy) is 3. The SMILES string of the molecule is CC(=O)OC[C@@]1(C#N)O[C@@H](n2cnc3c(N)nc(F)nc32)C[C@H]1OC(C)=O. The van der Waals surface area contributed by atoms with Gasteiger partial charge in [0, 0.05) is 20.3 Å². The van der Waals surface area contributed by atoms with E-state index >= 15 is 0 Å². The number of carbonyl (C=O) groups is 2. The Hall–Kier alpha value is -3.33. The van der Waals surface area contributed by atoms with Crippen molar-refractivity contribution in [1.82, 2.24) is 19.5 Å². The Labute approximate surface area is 151 Å². The minimum atomic E-state index is -1.74. The van der Waals surface area contributed by atoms with Gasteiger partial charge in [0.25, 0.3) is 0 Å². The van der Waals surface area contributed by atoms with E-state index in [9.17, 15) is 19.2 Å². The molecule has 11 nitrogen and oxygen atoms in total. The molecule has 0 amide bonds. The van der Waals surface area contributed by atoms with Crippen LogP contribution in [-0.2, 0) is 23.8 Å². The van der Waals surface area contributed by atoms with Gasteiger partial charge < -0.3 is 19.9 Å². The molecule has 12 heteroatoms. The molecule has 0 aromatic carbocycles. The standard InChI is InChI=1S/C15H15FN6O5/c1-7(23)25-5-15(4-17)9(26-8(2)24)3-10(27-15)22-6-19-11-12(18)20-14(16)21-13(11)22/h6,9-10H,3,5H2,1-2H3,(H2,18,20,21)/t9-,10-,15-/m1/s1. The number of hydrogen-bond donors (Lipinski definition) is 1. The molecular weight excluding hydrogens is 363 g/mol. The fraction of sp³-hybridized carbons (Fsp3) is 0.467. The van der Waals surface area contributed by atoms with Gasteiger partial charge >= 0.3 is 18.0 Å². The van der Waals surface area contributed by atoms with Crippen LogP contribution in [0.4, 0.5) is 10.2 Å². The third-order valence-electron chi connectivity index (χ3n) is 4.00. The van der Waals surface area contributed by atoms with Gasteiger partial charge in [0.05, 0.1) is 6.33 Å². The first-order chi connectivity index (χ1) is 12.8. The molecule has 2 N–H and O–H groups in total. The topological polar surface area (TPSA) is 155 Å². The molecule has 3 atom stereocenters. The number of fused-ring (bicyclic) bond motifs is 1. The van der Waals surface area contributed by atoms with Crippen molar-refractivity contribution in [2.24, 2.45) is 0 Å². The maximum atomic E-state index is 13.6. The summed E-state index contributed by atoms with van der Waals surface area (Å²) in [6, 6.07) is 1.91. The molecule has 3 rings (SSSR count). The highest BCUT2D eigenvalue weighted by Crippen LogP contribution is 2.40. The van der Waals surface area contributed by atoms with Crippen LogP contribution in [0.2, 0.25) is 0 Å². The fourth-order valence-corrected chi connectivity index (χ4v) is 2.84. The van der Waals surface area contributed by atoms with Crippen molar-refractivity contribution in [3.63, 3.8) is 0 Å². The minimum absolute atomic E-state index is 0.0192. The Kier molecular flexibility index (Phi) is 4.63. The van der Waals surface area contributed by atoms with Gasteiger partial charge in [0.15, 0.2) is 23.1 Å². The Morgan fingerprint density at radius 1 is 1.48 bits per heavy atom. The average molecular weight is 378 g/mol. The van der Waals surface area contributed by atoms with Crippen LogP contribution in [-0.4, -0.2) is 49.8 Å². The highest BCUT2D eigenvalue weighted by atomic mass is 19.1. The van der Waals surface area contributed by atoms with Crippen molar-refractivity contribution in [2.45, 2.75) is 38.2 Å². The fourth-order valence-electron chi connectivity index (χ4n) is 2.84. The first kappa shape index (κ1) is 18.5. The highest BCUT2D eigenvalue weighted by Gasteiger charge is 2.53. The van der Waals surface area contributed by atoms with Crippen molar-refractivity contribution in [3.8, 4) is 6.07 Å². The molecule has 2 aromatic rings. The third kappa shape index (κ3) is 3.36. The van der Waals surface area contributed by atoms with E-state index in [2.05, 4.69) is 15.0 Å². The van der Waals surface area contributed by atoms with E-state index in [1.165, 1.54) is 24.7 Å². The summed E-state index contributed by atoms with van der Waals surface area (Å²) < 4.78 is 30.8. The van der Waals surface area contributed by atoms with Crippen molar-refractivity contribution >= 4 is 28.9 Å². The van der Waals surface area contributed by atoms with Gasteiger partial charge in [-0.2, -0.15) is 19.6 Å². The summed E-state index contributed by atoms with van der Waals surface area (Å²) in [7, 11) is 0. The van der Waals surface area contributed by atoms with E-state index < -0.39 is 42.6 Å². The van der Waals surface area contributed by atoms with Crippen LogP contribution in [0.1, 0.15) is 26.5 Å². The first-order valence-electron chi connectivity index (χ1n) is 7.81. The molecule has 2 aromatic heterocycles. The number of carbonyl (C=O) groups excluding carboxylic acids is 2. The highest BCUT2D eigenvalue weighted by molar-refractivity contribution is 5.81. The summed E-state index contributed by atoms with van der Waals surface area (Å²) in [6.07, 6.45) is -1.67. The van der Waals surface area contributed by atoms with Crippen LogP contribution in [0.3, 0.4) is 0 Å². The second kappa shape index (κ2) is 6.76. The summed E-state index contributed by atoms with van der Waals surface area (Å²) in [5, 5.41) is 9.64. The van der Waals surface area contributed by atoms with E-state index in [0.29, 0.717) is 0 Å². The van der Waals surface area contributed by atoms with E-state index in [4.69, 9.17) is 19.9 Å². The van der Waals surface area contributed by atoms with Gasteiger partial charge in [0.2, 0.25) is 5.60 Å². The zero-order valence-electron chi connectivity index (χ0n) is 14.4. The van der Waals surface area contributed by atoms with Crippen LogP contribution in [0.25, 0.3) is 11.2 Å². The van der Waals surface area contributed by atoms with E-state index in [1.807, 2.05) is 6.07 Å². The molecule has 0 spiro atoms. The van der Waals surface area contributed by atoms with Gasteiger partial charge in [-0.15, -0.1) is 0 Å². The molecule has 0 saturated carbocycles. The van der Waals surface area contributed by atoms with Gasteiger partial charge in [-0.25, -0.2) is 4.98 Å². The molecule has 1 saturated heterocycles. The number of esters is 2. The lowest BCUT2D eigenvalue weighted by Gasteiger charge is -2.26. The molecule has 1 fully saturated rings. The first-order valence-corrected chi connectivity index (χ1v) is 7.81. The molecule has 142 valence electrons. The van der Waals surface area contributed by atoms with Crippen LogP contribution < -0.4 is 5.73 Å². The second-order valence-electron chi connectivity index (χ2n) is 5.89. The molecule has 0 unspecified atom stereocenters. The molecule has 0 bridgehead atoms. The summed E-state index contributed by atoms with van der Waals surface area (Å²) in [5.74, 6) is -1.43. The van der Waals surface area contributed by atoms with Gasteiger partial charge in [-0.05, 0) is 0 Å². The molecule has 1 aliphatic heterocycles. The normalized spacial score (nSPS) is 24.5. The summed E-state index contributed by atoms with van der Waals surface area (Å²) >= 11 is 0. The predicted molar refractivity (Wildman–Crippen MR) is 85.0 cm³/mol. The number of rotatable bonds is 4. The second-order valence-corrected chi connectivity index (χ2v) is 5.89. The lowest BCUT2D eigenvalue weighted by atomic mass is 9.99. The maximum Gasteiger partial charge on any atom is 0.312 e. The molecule has 1 aliphatic rings. The van der Waals surface area contributed by atoms with Crippen LogP contribution >= 0.6 is 0 Å². The number of imidazole rings is 1. The number of anilines is 1. The summed E-state index contributed by atoms with van der Waals surface area (Å²) in [6.45, 7) is 1.90. The Morgan fingerprint density at radius 2 is 2.22 bits per heavy atom. The lowest BCUT2D eigenvalue weighted by molar-refractivity contribution is -0.164. The number of nitrogens with zero attached hydrogens (tertiary/aromatic N) is 5. The molecule has 0 radical (unpaired) electrons. The third-order valence-corrected chi connectivity index (χ3v) is 4.00. The van der Waals surface area contributed by atoms with Crippen molar-refractivity contribution in [2.75, 3.05) is 12.3 Å². The van der Waals surface area contributed by atoms with Crippen molar-refractivity contribution < 1.29 is 28.2 Å². The molecular formula is C15H15FN6O5. The number of hydrogen-bond acceptors (Lipinski definition) is 10. The summed E-state index contributed by atoms with van der Waals surface area (Å²) in [5.41, 5.74) is 4.10. The summed E-state index contributed by atoms with van der Waals surface area (Å²) in [4.78, 5) is 33.7. The number of halogens is 1. The molecule has 0 aliphatic carbocycles. The quantitative estimate of drug-likeness (QED) is 0.577. The predicted octanol–water partition coefficient (Wildman–Crippen LogP) is 0.224. The van der Waals surface area contributed by atoms with Crippen molar-refractivity contribution in [1.29, 1.82) is 5.26 Å². The van der Waals surface area contributed by atoms with Gasteiger partial charge in [0.1, 0.15) is 18.9 Å².